The van der Waals surface area contributed by atoms with Crippen molar-refractivity contribution in [1.29, 1.82) is 0 Å². The topological polar surface area (TPSA) is 107 Å². The number of tetrazole rings is 1. The third kappa shape index (κ3) is 5.55. The first-order valence-electron chi connectivity index (χ1n) is 12.0. The maximum Gasteiger partial charge on any atom is 0.252 e. The molecule has 1 unspecified atom stereocenters. The largest absolute Gasteiger partial charge is 0.497 e. The molecule has 2 aromatic heterocycles. The molecule has 36 heavy (non-hydrogen) atoms. The Hall–Kier alpha value is -3.76. The molecule has 0 radical (unpaired) electrons. The Labute approximate surface area is 208 Å². The summed E-state index contributed by atoms with van der Waals surface area (Å²) >= 11 is 0. The van der Waals surface area contributed by atoms with Gasteiger partial charge in [0.2, 0.25) is 0 Å². The third-order valence-corrected chi connectivity index (χ3v) is 6.47. The van der Waals surface area contributed by atoms with E-state index in [1.807, 2.05) is 48.5 Å². The standard InChI is InChI=1S/C26H30N6O4/c1-34-21-7-5-18(6-8-21)14-32-25(28-29-30-32)17-31(16-23-4-3-11-36-23)15-20-12-19-13-22(35-2)9-10-24(19)27-26(20)33/h5-10,12-13,23H,3-4,11,14-17H2,1-2H3,(H,27,33). The zero-order valence-electron chi connectivity index (χ0n) is 20.5. The fraction of sp³-hybridized carbons (Fsp3) is 0.385. The minimum atomic E-state index is -0.108. The summed E-state index contributed by atoms with van der Waals surface area (Å²) in [6.45, 7) is 2.92. The highest BCUT2D eigenvalue weighted by atomic mass is 16.5. The van der Waals surface area contributed by atoms with Gasteiger partial charge in [0.15, 0.2) is 5.82 Å². The fourth-order valence-corrected chi connectivity index (χ4v) is 4.54. The molecule has 1 aliphatic rings. The van der Waals surface area contributed by atoms with Crippen molar-refractivity contribution in [2.75, 3.05) is 27.4 Å². The number of fused-ring (bicyclic) bond motifs is 1. The van der Waals surface area contributed by atoms with E-state index in [1.165, 1.54) is 0 Å². The van der Waals surface area contributed by atoms with Crippen molar-refractivity contribution >= 4 is 10.9 Å². The molecule has 1 fully saturated rings. The molecule has 2 aromatic carbocycles. The molecule has 4 aromatic rings. The second-order valence-electron chi connectivity index (χ2n) is 8.98. The first-order chi connectivity index (χ1) is 17.6. The van der Waals surface area contributed by atoms with Crippen LogP contribution in [0.15, 0.2) is 53.3 Å². The lowest BCUT2D eigenvalue weighted by Crippen LogP contribution is -2.34. The van der Waals surface area contributed by atoms with Crippen LogP contribution in [0.25, 0.3) is 10.9 Å². The highest BCUT2D eigenvalue weighted by Crippen LogP contribution is 2.21. The minimum Gasteiger partial charge on any atom is -0.497 e. The van der Waals surface area contributed by atoms with Gasteiger partial charge >= 0.3 is 0 Å². The highest BCUT2D eigenvalue weighted by molar-refractivity contribution is 5.80. The van der Waals surface area contributed by atoms with E-state index in [0.29, 0.717) is 31.7 Å². The summed E-state index contributed by atoms with van der Waals surface area (Å²) in [7, 11) is 3.28. The lowest BCUT2D eigenvalue weighted by Gasteiger charge is -2.24. The summed E-state index contributed by atoms with van der Waals surface area (Å²) in [5.74, 6) is 2.27. The number of ether oxygens (including phenoxy) is 3. The van der Waals surface area contributed by atoms with Gasteiger partial charge < -0.3 is 19.2 Å². The van der Waals surface area contributed by atoms with E-state index in [9.17, 15) is 4.79 Å². The molecule has 1 N–H and O–H groups in total. The van der Waals surface area contributed by atoms with Crippen LogP contribution >= 0.6 is 0 Å². The fourth-order valence-electron chi connectivity index (χ4n) is 4.54. The molecular weight excluding hydrogens is 460 g/mol. The number of benzene rings is 2. The van der Waals surface area contributed by atoms with Gasteiger partial charge in [-0.1, -0.05) is 12.1 Å². The molecular formula is C26H30N6O4. The summed E-state index contributed by atoms with van der Waals surface area (Å²) < 4.78 is 18.3. The van der Waals surface area contributed by atoms with Crippen LogP contribution < -0.4 is 15.0 Å². The normalized spacial score (nSPS) is 15.6. The number of nitrogens with zero attached hydrogens (tertiary/aromatic N) is 5. The van der Waals surface area contributed by atoms with Crippen molar-refractivity contribution in [1.82, 2.24) is 30.1 Å². The zero-order chi connectivity index (χ0) is 24.9. The summed E-state index contributed by atoms with van der Waals surface area (Å²) in [5.41, 5.74) is 2.40. The van der Waals surface area contributed by atoms with Gasteiger partial charge in [0, 0.05) is 36.2 Å². The molecule has 188 valence electrons. The minimum absolute atomic E-state index is 0.108. The van der Waals surface area contributed by atoms with Crippen LogP contribution in [0.3, 0.4) is 0 Å². The van der Waals surface area contributed by atoms with Gasteiger partial charge in [-0.15, -0.1) is 5.10 Å². The van der Waals surface area contributed by atoms with Gasteiger partial charge in [-0.25, -0.2) is 4.68 Å². The molecule has 10 nitrogen and oxygen atoms in total. The smallest absolute Gasteiger partial charge is 0.252 e. The van der Waals surface area contributed by atoms with Crippen LogP contribution in [0.1, 0.15) is 29.8 Å². The van der Waals surface area contributed by atoms with E-state index in [2.05, 4.69) is 25.4 Å². The van der Waals surface area contributed by atoms with Gasteiger partial charge in [0.05, 0.1) is 33.4 Å². The van der Waals surface area contributed by atoms with Crippen LogP contribution in [0.2, 0.25) is 0 Å². The summed E-state index contributed by atoms with van der Waals surface area (Å²) in [6.07, 6.45) is 2.17. The number of methoxy groups -OCH3 is 2. The molecule has 0 bridgehead atoms. The predicted octanol–water partition coefficient (Wildman–Crippen LogP) is 2.76. The van der Waals surface area contributed by atoms with Crippen LogP contribution in [-0.2, 0) is 24.4 Å². The van der Waals surface area contributed by atoms with Crippen LogP contribution in [0.4, 0.5) is 0 Å². The zero-order valence-corrected chi connectivity index (χ0v) is 20.5. The van der Waals surface area contributed by atoms with Crippen molar-refractivity contribution < 1.29 is 14.2 Å². The van der Waals surface area contributed by atoms with E-state index >= 15 is 0 Å². The highest BCUT2D eigenvalue weighted by Gasteiger charge is 2.22. The number of aromatic nitrogens is 5. The Morgan fingerprint density at radius 3 is 2.64 bits per heavy atom. The third-order valence-electron chi connectivity index (χ3n) is 6.47. The van der Waals surface area contributed by atoms with Gasteiger partial charge in [-0.3, -0.25) is 9.69 Å². The number of aromatic amines is 1. The number of rotatable bonds is 10. The summed E-state index contributed by atoms with van der Waals surface area (Å²) in [5, 5.41) is 13.3. The van der Waals surface area contributed by atoms with Crippen LogP contribution in [-0.4, -0.2) is 63.6 Å². The first kappa shape index (κ1) is 24.0. The summed E-state index contributed by atoms with van der Waals surface area (Å²) in [4.78, 5) is 18.1. The molecule has 0 aliphatic carbocycles. The van der Waals surface area contributed by atoms with E-state index < -0.39 is 0 Å². The van der Waals surface area contributed by atoms with Crippen molar-refractivity contribution in [3.8, 4) is 11.5 Å². The Balaban J connectivity index is 1.38. The van der Waals surface area contributed by atoms with E-state index in [0.717, 1.165) is 53.2 Å². The summed E-state index contributed by atoms with van der Waals surface area (Å²) in [6, 6.07) is 15.4. The Kier molecular flexibility index (Phi) is 7.24. The Bertz CT molecular complexity index is 1360. The Morgan fingerprint density at radius 2 is 1.89 bits per heavy atom. The predicted molar refractivity (Wildman–Crippen MR) is 134 cm³/mol. The number of H-pyrrole nitrogens is 1. The Morgan fingerprint density at radius 1 is 1.08 bits per heavy atom. The average molecular weight is 491 g/mol. The quantitative estimate of drug-likeness (QED) is 0.362. The molecule has 5 rings (SSSR count). The number of nitrogens with one attached hydrogen (secondary N) is 1. The lowest BCUT2D eigenvalue weighted by atomic mass is 10.1. The van der Waals surface area contributed by atoms with Gasteiger partial charge in [-0.2, -0.15) is 0 Å². The molecule has 1 saturated heterocycles. The van der Waals surface area contributed by atoms with E-state index in [4.69, 9.17) is 14.2 Å². The van der Waals surface area contributed by atoms with E-state index in [-0.39, 0.29) is 11.7 Å². The second-order valence-corrected chi connectivity index (χ2v) is 8.98. The molecule has 0 saturated carbocycles. The van der Waals surface area contributed by atoms with Gasteiger partial charge in [0.25, 0.3) is 5.56 Å². The SMILES string of the molecule is COc1ccc(Cn2nnnc2CN(Cc2cc3cc(OC)ccc3[nH]c2=O)CC2CCCO2)cc1. The monoisotopic (exact) mass is 490 g/mol. The molecule has 3 heterocycles. The molecule has 0 spiro atoms. The maximum absolute atomic E-state index is 12.9. The first-order valence-corrected chi connectivity index (χ1v) is 12.0. The molecule has 1 aliphatic heterocycles. The number of pyridine rings is 1. The van der Waals surface area contributed by atoms with Gasteiger partial charge in [-0.05, 0) is 65.2 Å². The van der Waals surface area contributed by atoms with Gasteiger partial charge in [0.1, 0.15) is 11.5 Å². The van der Waals surface area contributed by atoms with Crippen molar-refractivity contribution in [3.63, 3.8) is 0 Å². The molecule has 10 heteroatoms. The van der Waals surface area contributed by atoms with Crippen molar-refractivity contribution in [2.45, 2.75) is 38.6 Å². The van der Waals surface area contributed by atoms with Crippen LogP contribution in [0.5, 0.6) is 11.5 Å². The maximum atomic E-state index is 12.9. The molecule has 0 amide bonds. The van der Waals surface area contributed by atoms with Crippen molar-refractivity contribution in [3.05, 3.63) is 75.8 Å². The number of hydrogen-bond donors (Lipinski definition) is 1. The second kappa shape index (κ2) is 10.9. The lowest BCUT2D eigenvalue weighted by molar-refractivity contribution is 0.0663. The molecule has 1 atom stereocenters. The van der Waals surface area contributed by atoms with Crippen LogP contribution in [0, 0.1) is 0 Å². The van der Waals surface area contributed by atoms with E-state index in [1.54, 1.807) is 18.9 Å². The average Bonchev–Trinajstić information content (AvgIpc) is 3.57. The number of hydrogen-bond acceptors (Lipinski definition) is 8. The van der Waals surface area contributed by atoms with Crippen molar-refractivity contribution in [2.24, 2.45) is 0 Å².